The van der Waals surface area contributed by atoms with Crippen molar-refractivity contribution in [2.75, 3.05) is 20.2 Å². The molecule has 0 bridgehead atoms. The maximum Gasteiger partial charge on any atom is 0.409 e. The van der Waals surface area contributed by atoms with Gasteiger partial charge in [0.25, 0.3) is 0 Å². The summed E-state index contributed by atoms with van der Waals surface area (Å²) >= 11 is 0. The number of methoxy groups -OCH3 is 1. The summed E-state index contributed by atoms with van der Waals surface area (Å²) in [6, 6.07) is 0. The SMILES string of the molecule is CCC(=O)C1CCCN(C(=O)OC)C1. The van der Waals surface area contributed by atoms with Crippen LogP contribution in [0.25, 0.3) is 0 Å². The average Bonchev–Trinajstić information content (AvgIpc) is 2.27. The number of carbonyl (C=O) groups is 2. The van der Waals surface area contributed by atoms with Crippen LogP contribution in [0.4, 0.5) is 4.79 Å². The molecule has 0 radical (unpaired) electrons. The molecule has 1 amide bonds. The minimum atomic E-state index is -0.321. The van der Waals surface area contributed by atoms with E-state index < -0.39 is 0 Å². The monoisotopic (exact) mass is 199 g/mol. The number of Topliss-reactive ketones (excluding diaryl/α,β-unsaturated/α-hetero) is 1. The molecule has 1 rings (SSSR count). The second-order valence-corrected chi connectivity index (χ2v) is 3.58. The fourth-order valence-corrected chi connectivity index (χ4v) is 1.82. The van der Waals surface area contributed by atoms with E-state index in [-0.39, 0.29) is 17.8 Å². The van der Waals surface area contributed by atoms with Crippen LogP contribution < -0.4 is 0 Å². The van der Waals surface area contributed by atoms with Crippen molar-refractivity contribution in [1.82, 2.24) is 4.90 Å². The summed E-state index contributed by atoms with van der Waals surface area (Å²) in [6.45, 7) is 3.10. The van der Waals surface area contributed by atoms with Crippen molar-refractivity contribution in [3.05, 3.63) is 0 Å². The third-order valence-corrected chi connectivity index (χ3v) is 2.66. The van der Waals surface area contributed by atoms with E-state index in [9.17, 15) is 9.59 Å². The maximum atomic E-state index is 11.4. The zero-order valence-electron chi connectivity index (χ0n) is 8.78. The van der Waals surface area contributed by atoms with Crippen LogP contribution in [0.15, 0.2) is 0 Å². The van der Waals surface area contributed by atoms with Crippen molar-refractivity contribution < 1.29 is 14.3 Å². The number of nitrogens with zero attached hydrogens (tertiary/aromatic N) is 1. The zero-order chi connectivity index (χ0) is 10.6. The van der Waals surface area contributed by atoms with Crippen LogP contribution in [-0.2, 0) is 9.53 Å². The number of hydrogen-bond donors (Lipinski definition) is 0. The van der Waals surface area contributed by atoms with Gasteiger partial charge in [-0.05, 0) is 12.8 Å². The van der Waals surface area contributed by atoms with E-state index in [4.69, 9.17) is 0 Å². The average molecular weight is 199 g/mol. The summed E-state index contributed by atoms with van der Waals surface area (Å²) in [5, 5.41) is 0. The Hall–Kier alpha value is -1.06. The van der Waals surface area contributed by atoms with Crippen molar-refractivity contribution in [2.24, 2.45) is 5.92 Å². The van der Waals surface area contributed by atoms with Gasteiger partial charge in [-0.3, -0.25) is 4.79 Å². The fourth-order valence-electron chi connectivity index (χ4n) is 1.82. The smallest absolute Gasteiger partial charge is 0.409 e. The van der Waals surface area contributed by atoms with Crippen LogP contribution >= 0.6 is 0 Å². The second-order valence-electron chi connectivity index (χ2n) is 3.58. The van der Waals surface area contributed by atoms with E-state index in [2.05, 4.69) is 4.74 Å². The number of hydrogen-bond acceptors (Lipinski definition) is 3. The summed E-state index contributed by atoms with van der Waals surface area (Å²) in [5.41, 5.74) is 0. The Labute approximate surface area is 84.2 Å². The molecule has 1 saturated heterocycles. The molecule has 1 fully saturated rings. The normalized spacial score (nSPS) is 21.9. The predicted molar refractivity (Wildman–Crippen MR) is 52.0 cm³/mol. The number of carbonyl (C=O) groups excluding carboxylic acids is 2. The number of likely N-dealkylation sites (tertiary alicyclic amines) is 1. The van der Waals surface area contributed by atoms with Gasteiger partial charge in [0.05, 0.1) is 7.11 Å². The lowest BCUT2D eigenvalue weighted by atomic mass is 9.93. The van der Waals surface area contributed by atoms with Crippen LogP contribution in [0, 0.1) is 5.92 Å². The molecule has 0 aliphatic carbocycles. The molecule has 1 aliphatic heterocycles. The third kappa shape index (κ3) is 2.47. The Bertz CT molecular complexity index is 205. The van der Waals surface area contributed by atoms with Crippen molar-refractivity contribution >= 4 is 11.9 Å². The van der Waals surface area contributed by atoms with Gasteiger partial charge >= 0.3 is 6.09 Å². The van der Waals surface area contributed by atoms with Gasteiger partial charge in [-0.1, -0.05) is 6.92 Å². The Balaban J connectivity index is 2.51. The van der Waals surface area contributed by atoms with E-state index in [0.29, 0.717) is 19.5 Å². The molecule has 1 atom stereocenters. The van der Waals surface area contributed by atoms with Gasteiger partial charge in [0, 0.05) is 25.4 Å². The van der Waals surface area contributed by atoms with Gasteiger partial charge in [0.2, 0.25) is 0 Å². The van der Waals surface area contributed by atoms with Crippen LogP contribution in [0.5, 0.6) is 0 Å². The highest BCUT2D eigenvalue weighted by molar-refractivity contribution is 5.81. The van der Waals surface area contributed by atoms with Crippen LogP contribution in [0.1, 0.15) is 26.2 Å². The molecule has 0 aromatic heterocycles. The predicted octanol–water partition coefficient (Wildman–Crippen LogP) is 1.44. The molecular weight excluding hydrogens is 182 g/mol. The molecule has 0 N–H and O–H groups in total. The maximum absolute atomic E-state index is 11.4. The lowest BCUT2D eigenvalue weighted by Gasteiger charge is -2.30. The van der Waals surface area contributed by atoms with Gasteiger partial charge in [-0.2, -0.15) is 0 Å². The van der Waals surface area contributed by atoms with Crippen molar-refractivity contribution in [3.63, 3.8) is 0 Å². The van der Waals surface area contributed by atoms with Crippen molar-refractivity contribution in [1.29, 1.82) is 0 Å². The first-order valence-corrected chi connectivity index (χ1v) is 5.04. The topological polar surface area (TPSA) is 46.6 Å². The largest absolute Gasteiger partial charge is 0.453 e. The Morgan fingerprint density at radius 2 is 2.21 bits per heavy atom. The van der Waals surface area contributed by atoms with E-state index in [0.717, 1.165) is 12.8 Å². The molecule has 4 heteroatoms. The first-order valence-electron chi connectivity index (χ1n) is 5.04. The van der Waals surface area contributed by atoms with Crippen molar-refractivity contribution in [2.45, 2.75) is 26.2 Å². The fraction of sp³-hybridized carbons (Fsp3) is 0.800. The van der Waals surface area contributed by atoms with Crippen LogP contribution in [0.2, 0.25) is 0 Å². The Morgan fingerprint density at radius 3 is 2.79 bits per heavy atom. The molecule has 4 nitrogen and oxygen atoms in total. The first-order chi connectivity index (χ1) is 6.69. The first kappa shape index (κ1) is 11.0. The van der Waals surface area contributed by atoms with Crippen LogP contribution in [-0.4, -0.2) is 37.0 Å². The molecule has 1 heterocycles. The lowest BCUT2D eigenvalue weighted by molar-refractivity contribution is -0.123. The minimum Gasteiger partial charge on any atom is -0.453 e. The molecule has 1 unspecified atom stereocenters. The molecule has 0 spiro atoms. The highest BCUT2D eigenvalue weighted by atomic mass is 16.5. The van der Waals surface area contributed by atoms with Gasteiger partial charge in [0.1, 0.15) is 5.78 Å². The zero-order valence-corrected chi connectivity index (χ0v) is 8.78. The van der Waals surface area contributed by atoms with Gasteiger partial charge in [0.15, 0.2) is 0 Å². The standard InChI is InChI=1S/C10H17NO3/c1-3-9(12)8-5-4-6-11(7-8)10(13)14-2/h8H,3-7H2,1-2H3. The summed E-state index contributed by atoms with van der Waals surface area (Å²) < 4.78 is 4.63. The molecule has 0 saturated carbocycles. The Kier molecular flexibility index (Phi) is 3.92. The van der Waals surface area contributed by atoms with Gasteiger partial charge in [-0.15, -0.1) is 0 Å². The molecule has 0 aromatic rings. The highest BCUT2D eigenvalue weighted by Crippen LogP contribution is 2.18. The lowest BCUT2D eigenvalue weighted by Crippen LogP contribution is -2.42. The quantitative estimate of drug-likeness (QED) is 0.676. The third-order valence-electron chi connectivity index (χ3n) is 2.66. The molecule has 0 aromatic carbocycles. The second kappa shape index (κ2) is 4.98. The van der Waals surface area contributed by atoms with Crippen molar-refractivity contribution in [3.8, 4) is 0 Å². The Morgan fingerprint density at radius 1 is 1.50 bits per heavy atom. The van der Waals surface area contributed by atoms with Gasteiger partial charge in [-0.25, -0.2) is 4.79 Å². The number of amides is 1. The molecular formula is C10H17NO3. The minimum absolute atomic E-state index is 0.0212. The summed E-state index contributed by atoms with van der Waals surface area (Å²) in [7, 11) is 1.37. The number of rotatable bonds is 2. The molecule has 1 aliphatic rings. The van der Waals surface area contributed by atoms with Gasteiger partial charge < -0.3 is 9.64 Å². The van der Waals surface area contributed by atoms with E-state index in [1.807, 2.05) is 6.92 Å². The number of piperidine rings is 1. The molecule has 80 valence electrons. The van der Waals surface area contributed by atoms with E-state index in [1.54, 1.807) is 4.90 Å². The highest BCUT2D eigenvalue weighted by Gasteiger charge is 2.27. The summed E-state index contributed by atoms with van der Waals surface area (Å²) in [6.07, 6.45) is 2.03. The summed E-state index contributed by atoms with van der Waals surface area (Å²) in [5.74, 6) is 0.270. The van der Waals surface area contributed by atoms with E-state index in [1.165, 1.54) is 7.11 Å². The van der Waals surface area contributed by atoms with Crippen LogP contribution in [0.3, 0.4) is 0 Å². The number of ketones is 1. The summed E-state index contributed by atoms with van der Waals surface area (Å²) in [4.78, 5) is 24.3. The van der Waals surface area contributed by atoms with E-state index >= 15 is 0 Å². The molecule has 14 heavy (non-hydrogen) atoms. The number of ether oxygens (including phenoxy) is 1.